The molecule has 0 aromatic heterocycles. The van der Waals surface area contributed by atoms with Crippen LogP contribution in [0.2, 0.25) is 5.02 Å². The van der Waals surface area contributed by atoms with Crippen molar-refractivity contribution in [2.45, 2.75) is 32.5 Å². The highest BCUT2D eigenvalue weighted by molar-refractivity contribution is 6.30. The van der Waals surface area contributed by atoms with Crippen LogP contribution in [0.3, 0.4) is 0 Å². The van der Waals surface area contributed by atoms with Crippen molar-refractivity contribution in [3.8, 4) is 0 Å². The molecule has 2 unspecified atom stereocenters. The van der Waals surface area contributed by atoms with Gasteiger partial charge >= 0.3 is 6.18 Å². The quantitative estimate of drug-likeness (QED) is 0.690. The molecule has 2 aromatic carbocycles. The Bertz CT molecular complexity index is 838. The minimum Gasteiger partial charge on any atom is -0.340 e. The van der Waals surface area contributed by atoms with Gasteiger partial charge in [-0.2, -0.15) is 13.2 Å². The van der Waals surface area contributed by atoms with Crippen molar-refractivity contribution in [2.75, 3.05) is 5.32 Å². The maximum absolute atomic E-state index is 12.9. The van der Waals surface area contributed by atoms with Crippen LogP contribution in [-0.2, 0) is 11.0 Å². The number of carbonyl (C=O) groups is 2. The number of nitrogens with one attached hydrogen (secondary N) is 2. The first-order valence-corrected chi connectivity index (χ1v) is 9.04. The number of rotatable bonds is 6. The van der Waals surface area contributed by atoms with Crippen molar-refractivity contribution in [1.82, 2.24) is 5.32 Å². The molecule has 150 valence electrons. The monoisotopic (exact) mass is 412 g/mol. The summed E-state index contributed by atoms with van der Waals surface area (Å²) in [4.78, 5) is 25.1. The topological polar surface area (TPSA) is 58.2 Å². The summed E-state index contributed by atoms with van der Waals surface area (Å²) >= 11 is 5.82. The molecule has 0 heterocycles. The van der Waals surface area contributed by atoms with Gasteiger partial charge in [0.25, 0.3) is 5.91 Å². The molecule has 0 bridgehead atoms. The van der Waals surface area contributed by atoms with Crippen LogP contribution in [0.5, 0.6) is 0 Å². The molecule has 2 N–H and O–H groups in total. The molecular weight excluding hydrogens is 393 g/mol. The van der Waals surface area contributed by atoms with Gasteiger partial charge in [-0.05, 0) is 48.4 Å². The molecule has 28 heavy (non-hydrogen) atoms. The first-order valence-electron chi connectivity index (χ1n) is 8.66. The van der Waals surface area contributed by atoms with Crippen LogP contribution >= 0.6 is 11.6 Å². The van der Waals surface area contributed by atoms with Crippen LogP contribution in [0.1, 0.15) is 36.2 Å². The van der Waals surface area contributed by atoms with Crippen molar-refractivity contribution in [3.05, 3.63) is 64.7 Å². The Kier molecular flexibility index (Phi) is 7.07. The maximum Gasteiger partial charge on any atom is 0.416 e. The molecule has 0 aliphatic rings. The minimum absolute atomic E-state index is 0.164. The van der Waals surface area contributed by atoms with Crippen molar-refractivity contribution in [1.29, 1.82) is 0 Å². The van der Waals surface area contributed by atoms with E-state index in [9.17, 15) is 22.8 Å². The van der Waals surface area contributed by atoms with Crippen molar-refractivity contribution >= 4 is 29.1 Å². The first kappa shape index (κ1) is 21.8. The third-order valence-corrected chi connectivity index (χ3v) is 4.60. The standard InChI is InChI=1S/C20H20ClF3N2O2/c1-3-12(2)17(19(28)25-16-9-7-15(21)8-10-16)26-18(27)13-5-4-6-14(11-13)20(22,23)24/h4-12,17H,3H2,1-2H3,(H,25,28)(H,26,27). The first-order chi connectivity index (χ1) is 13.1. The molecule has 0 aliphatic heterocycles. The second-order valence-electron chi connectivity index (χ2n) is 6.41. The van der Waals surface area contributed by atoms with Crippen molar-refractivity contribution < 1.29 is 22.8 Å². The maximum atomic E-state index is 12.9. The van der Waals surface area contributed by atoms with E-state index >= 15 is 0 Å². The molecule has 0 radical (unpaired) electrons. The van der Waals surface area contributed by atoms with Gasteiger partial charge in [0.2, 0.25) is 5.91 Å². The zero-order valence-corrected chi connectivity index (χ0v) is 16.1. The van der Waals surface area contributed by atoms with Crippen LogP contribution in [0.25, 0.3) is 0 Å². The number of hydrogen-bond acceptors (Lipinski definition) is 2. The zero-order chi connectivity index (χ0) is 20.9. The van der Waals surface area contributed by atoms with E-state index in [4.69, 9.17) is 11.6 Å². The average molecular weight is 413 g/mol. The molecular formula is C20H20ClF3N2O2. The van der Waals surface area contributed by atoms with Crippen molar-refractivity contribution in [2.24, 2.45) is 5.92 Å². The highest BCUT2D eigenvalue weighted by Gasteiger charge is 2.32. The molecule has 2 amide bonds. The van der Waals surface area contributed by atoms with Gasteiger partial charge in [0.15, 0.2) is 0 Å². The number of halogens is 4. The van der Waals surface area contributed by atoms with Gasteiger partial charge in [-0.25, -0.2) is 0 Å². The number of anilines is 1. The van der Waals surface area contributed by atoms with E-state index in [1.807, 2.05) is 6.92 Å². The van der Waals surface area contributed by atoms with Gasteiger partial charge in [0, 0.05) is 16.3 Å². The highest BCUT2D eigenvalue weighted by atomic mass is 35.5. The molecule has 0 saturated heterocycles. The predicted molar refractivity (Wildman–Crippen MR) is 102 cm³/mol. The van der Waals surface area contributed by atoms with E-state index in [1.54, 1.807) is 31.2 Å². The minimum atomic E-state index is -4.56. The lowest BCUT2D eigenvalue weighted by Gasteiger charge is -2.24. The van der Waals surface area contributed by atoms with Gasteiger partial charge in [-0.1, -0.05) is 37.9 Å². The Balaban J connectivity index is 2.18. The van der Waals surface area contributed by atoms with E-state index in [0.29, 0.717) is 17.1 Å². The molecule has 8 heteroatoms. The Morgan fingerprint density at radius 2 is 1.75 bits per heavy atom. The summed E-state index contributed by atoms with van der Waals surface area (Å²) in [5.41, 5.74) is -0.593. The van der Waals surface area contributed by atoms with Gasteiger partial charge in [-0.15, -0.1) is 0 Å². The van der Waals surface area contributed by atoms with E-state index in [2.05, 4.69) is 10.6 Å². The van der Waals surface area contributed by atoms with E-state index in [0.717, 1.165) is 18.2 Å². The van der Waals surface area contributed by atoms with Gasteiger partial charge in [0.1, 0.15) is 6.04 Å². The fourth-order valence-corrected chi connectivity index (χ4v) is 2.64. The summed E-state index contributed by atoms with van der Waals surface area (Å²) in [5.74, 6) is -1.44. The van der Waals surface area contributed by atoms with Gasteiger partial charge < -0.3 is 10.6 Å². The number of hydrogen-bond donors (Lipinski definition) is 2. The van der Waals surface area contributed by atoms with Crippen LogP contribution in [0.15, 0.2) is 48.5 Å². The Morgan fingerprint density at radius 3 is 2.32 bits per heavy atom. The second-order valence-corrected chi connectivity index (χ2v) is 6.85. The van der Waals surface area contributed by atoms with Gasteiger partial charge in [0.05, 0.1) is 5.56 Å². The second kappa shape index (κ2) is 9.10. The Labute approximate surface area is 166 Å². The number of amides is 2. The normalized spacial score (nSPS) is 13.5. The summed E-state index contributed by atoms with van der Waals surface area (Å²) in [6.45, 7) is 3.63. The molecule has 0 spiro atoms. The smallest absolute Gasteiger partial charge is 0.340 e. The van der Waals surface area contributed by atoms with E-state index in [1.165, 1.54) is 6.07 Å². The summed E-state index contributed by atoms with van der Waals surface area (Å²) in [5, 5.41) is 5.74. The molecule has 0 saturated carbocycles. The highest BCUT2D eigenvalue weighted by Crippen LogP contribution is 2.29. The largest absolute Gasteiger partial charge is 0.416 e. The van der Waals surface area contributed by atoms with Crippen LogP contribution < -0.4 is 10.6 Å². The van der Waals surface area contributed by atoms with Gasteiger partial charge in [-0.3, -0.25) is 9.59 Å². The molecule has 4 nitrogen and oxygen atoms in total. The molecule has 0 aliphatic carbocycles. The lowest BCUT2D eigenvalue weighted by Crippen LogP contribution is -2.47. The fraction of sp³-hybridized carbons (Fsp3) is 0.300. The summed E-state index contributed by atoms with van der Waals surface area (Å²) in [6, 6.07) is 9.61. The molecule has 0 fully saturated rings. The van der Waals surface area contributed by atoms with Crippen LogP contribution in [0, 0.1) is 5.92 Å². The SMILES string of the molecule is CCC(C)C(NC(=O)c1cccc(C(F)(F)F)c1)C(=O)Nc1ccc(Cl)cc1. The average Bonchev–Trinajstić information content (AvgIpc) is 2.66. The Morgan fingerprint density at radius 1 is 1.11 bits per heavy atom. The van der Waals surface area contributed by atoms with E-state index < -0.39 is 29.6 Å². The number of alkyl halides is 3. The number of benzene rings is 2. The van der Waals surface area contributed by atoms with Crippen molar-refractivity contribution in [3.63, 3.8) is 0 Å². The predicted octanol–water partition coefficient (Wildman–Crippen LogP) is 5.14. The summed E-state index contributed by atoms with van der Waals surface area (Å²) in [6.07, 6.45) is -3.97. The third-order valence-electron chi connectivity index (χ3n) is 4.35. The molecule has 2 atom stereocenters. The molecule has 2 aromatic rings. The lowest BCUT2D eigenvalue weighted by molar-refractivity contribution is -0.137. The summed E-state index contributed by atoms with van der Waals surface area (Å²) < 4.78 is 38.6. The Hall–Kier alpha value is -2.54. The third kappa shape index (κ3) is 5.73. The van der Waals surface area contributed by atoms with E-state index in [-0.39, 0.29) is 11.5 Å². The van der Waals surface area contributed by atoms with Crippen LogP contribution in [-0.4, -0.2) is 17.9 Å². The zero-order valence-electron chi connectivity index (χ0n) is 15.3. The lowest BCUT2D eigenvalue weighted by atomic mass is 9.97. The fourth-order valence-electron chi connectivity index (χ4n) is 2.52. The summed E-state index contributed by atoms with van der Waals surface area (Å²) in [7, 11) is 0. The van der Waals surface area contributed by atoms with Crippen LogP contribution in [0.4, 0.5) is 18.9 Å². The molecule has 2 rings (SSSR count). The number of carbonyl (C=O) groups excluding carboxylic acids is 2.